The fraction of sp³-hybridized carbons (Fsp3) is 0.107. The average molecular weight is 499 g/mol. The molecule has 1 atom stereocenters. The number of aromatic nitrogens is 1. The van der Waals surface area contributed by atoms with Gasteiger partial charge >= 0.3 is 0 Å². The number of hydrogen-bond acceptors (Lipinski definition) is 7. The fourth-order valence-corrected chi connectivity index (χ4v) is 5.15. The summed E-state index contributed by atoms with van der Waals surface area (Å²) in [6.45, 7) is 0. The first kappa shape index (κ1) is 23.3. The van der Waals surface area contributed by atoms with Gasteiger partial charge in [0, 0.05) is 0 Å². The van der Waals surface area contributed by atoms with Gasteiger partial charge in [-0.25, -0.2) is 4.98 Å². The lowest BCUT2D eigenvalue weighted by molar-refractivity contribution is -0.117. The van der Waals surface area contributed by atoms with Gasteiger partial charge in [-0.15, -0.1) is 0 Å². The van der Waals surface area contributed by atoms with Crippen LogP contribution in [0, 0.1) is 0 Å². The van der Waals surface area contributed by atoms with Gasteiger partial charge in [0.15, 0.2) is 16.7 Å². The summed E-state index contributed by atoms with van der Waals surface area (Å²) < 4.78 is 11.5. The van der Waals surface area contributed by atoms with Gasteiger partial charge in [0.2, 0.25) is 0 Å². The van der Waals surface area contributed by atoms with Crippen molar-refractivity contribution >= 4 is 44.5 Å². The zero-order chi connectivity index (χ0) is 25.2. The summed E-state index contributed by atoms with van der Waals surface area (Å²) in [4.78, 5) is 32.8. The third-order valence-corrected chi connectivity index (χ3v) is 6.92. The molecule has 0 aliphatic carbocycles. The molecule has 0 radical (unpaired) electrons. The lowest BCUT2D eigenvalue weighted by Gasteiger charge is -2.24. The van der Waals surface area contributed by atoms with Crippen molar-refractivity contribution in [1.82, 2.24) is 4.98 Å². The predicted octanol–water partition coefficient (Wildman–Crippen LogP) is 5.50. The summed E-state index contributed by atoms with van der Waals surface area (Å²) in [5.74, 6) is -0.528. The van der Waals surface area contributed by atoms with E-state index in [9.17, 15) is 14.7 Å². The Morgan fingerprint density at radius 3 is 2.50 bits per heavy atom. The summed E-state index contributed by atoms with van der Waals surface area (Å²) in [6, 6.07) is 20.9. The number of ketones is 1. The Bertz CT molecular complexity index is 1520. The summed E-state index contributed by atoms with van der Waals surface area (Å²) in [5, 5.41) is 11.3. The van der Waals surface area contributed by atoms with Crippen LogP contribution >= 0.6 is 11.3 Å². The molecule has 1 aliphatic rings. The van der Waals surface area contributed by atoms with E-state index in [4.69, 9.17) is 9.47 Å². The molecular weight excluding hydrogens is 476 g/mol. The molecule has 0 saturated carbocycles. The number of methoxy groups -OCH3 is 2. The van der Waals surface area contributed by atoms with Crippen molar-refractivity contribution in [3.05, 3.63) is 101 Å². The molecule has 4 aromatic rings. The average Bonchev–Trinajstić information content (AvgIpc) is 3.45. The molecule has 0 spiro atoms. The Morgan fingerprint density at radius 2 is 1.75 bits per heavy atom. The molecule has 0 fully saturated rings. The van der Waals surface area contributed by atoms with Crippen molar-refractivity contribution in [1.29, 1.82) is 0 Å². The number of thiazole rings is 1. The minimum Gasteiger partial charge on any atom is -0.503 e. The van der Waals surface area contributed by atoms with Crippen molar-refractivity contribution in [3.8, 4) is 11.5 Å². The SMILES string of the molecule is COc1cccc([C@@H]2C(C(=O)/C=C/c3ccccc3)=C(O)C(=O)N2c2nc3ccc(OC)cc3s2)c1. The Morgan fingerprint density at radius 1 is 1.00 bits per heavy atom. The van der Waals surface area contributed by atoms with E-state index in [-0.39, 0.29) is 5.57 Å². The molecule has 1 aromatic heterocycles. The Labute approximate surface area is 211 Å². The van der Waals surface area contributed by atoms with Gasteiger partial charge < -0.3 is 14.6 Å². The Kier molecular flexibility index (Phi) is 6.26. The van der Waals surface area contributed by atoms with Crippen LogP contribution in [-0.4, -0.2) is 36.0 Å². The second-order valence-corrected chi connectivity index (χ2v) is 9.06. The number of anilines is 1. The van der Waals surface area contributed by atoms with Gasteiger partial charge in [-0.05, 0) is 47.5 Å². The number of rotatable bonds is 7. The van der Waals surface area contributed by atoms with Crippen LogP contribution in [0.5, 0.6) is 11.5 Å². The summed E-state index contributed by atoms with van der Waals surface area (Å²) in [7, 11) is 3.12. The van der Waals surface area contributed by atoms with Crippen molar-refractivity contribution in [2.45, 2.75) is 6.04 Å². The highest BCUT2D eigenvalue weighted by Gasteiger charge is 2.45. The van der Waals surface area contributed by atoms with Crippen LogP contribution in [0.4, 0.5) is 5.13 Å². The van der Waals surface area contributed by atoms with Gasteiger partial charge in [0.1, 0.15) is 11.5 Å². The summed E-state index contributed by atoms with van der Waals surface area (Å²) in [5.41, 5.74) is 2.10. The number of nitrogens with zero attached hydrogens (tertiary/aromatic N) is 2. The number of allylic oxidation sites excluding steroid dienone is 1. The molecule has 0 bridgehead atoms. The molecule has 7 nitrogen and oxygen atoms in total. The van der Waals surface area contributed by atoms with Crippen molar-refractivity contribution in [2.24, 2.45) is 0 Å². The first-order chi connectivity index (χ1) is 17.5. The Hall–Kier alpha value is -4.43. The first-order valence-electron chi connectivity index (χ1n) is 11.1. The van der Waals surface area contributed by atoms with Gasteiger partial charge in [0.25, 0.3) is 5.91 Å². The number of hydrogen-bond donors (Lipinski definition) is 1. The van der Waals surface area contributed by atoms with Gasteiger partial charge in [-0.2, -0.15) is 0 Å². The molecule has 2 heterocycles. The van der Waals surface area contributed by atoms with Crippen molar-refractivity contribution in [3.63, 3.8) is 0 Å². The van der Waals surface area contributed by atoms with Crippen LogP contribution in [0.25, 0.3) is 16.3 Å². The van der Waals surface area contributed by atoms with Crippen LogP contribution in [0.15, 0.2) is 90.2 Å². The highest BCUT2D eigenvalue weighted by atomic mass is 32.1. The van der Waals surface area contributed by atoms with Gasteiger partial charge in [-0.3, -0.25) is 14.5 Å². The summed E-state index contributed by atoms with van der Waals surface area (Å²) >= 11 is 1.28. The van der Waals surface area contributed by atoms with E-state index in [2.05, 4.69) is 4.98 Å². The number of aliphatic hydroxyl groups is 1. The topological polar surface area (TPSA) is 89.0 Å². The molecule has 8 heteroatoms. The molecule has 3 aromatic carbocycles. The van der Waals surface area contributed by atoms with Crippen LogP contribution in [0.3, 0.4) is 0 Å². The van der Waals surface area contributed by atoms with Crippen LogP contribution < -0.4 is 14.4 Å². The minimum absolute atomic E-state index is 0.0164. The number of benzene rings is 3. The number of fused-ring (bicyclic) bond motifs is 1. The first-order valence-corrected chi connectivity index (χ1v) is 11.9. The second kappa shape index (κ2) is 9.67. The minimum atomic E-state index is -0.886. The van der Waals surface area contributed by atoms with Crippen molar-refractivity contribution < 1.29 is 24.2 Å². The molecule has 0 unspecified atom stereocenters. The van der Waals surface area contributed by atoms with Gasteiger partial charge in [0.05, 0.1) is 36.1 Å². The predicted molar refractivity (Wildman–Crippen MR) is 140 cm³/mol. The van der Waals surface area contributed by atoms with Crippen LogP contribution in [-0.2, 0) is 9.59 Å². The van der Waals surface area contributed by atoms with E-state index in [0.717, 1.165) is 10.3 Å². The smallest absolute Gasteiger partial charge is 0.296 e. The molecule has 5 rings (SSSR count). The molecule has 1 amide bonds. The maximum Gasteiger partial charge on any atom is 0.296 e. The number of carbonyl (C=O) groups excluding carboxylic acids is 2. The molecule has 1 aliphatic heterocycles. The highest BCUT2D eigenvalue weighted by molar-refractivity contribution is 7.22. The standard InChI is InChI=1S/C28H22N2O5S/c1-34-19-10-6-9-18(15-19)25-24(22(31)14-11-17-7-4-3-5-8-17)26(32)27(33)30(25)28-29-21-13-12-20(35-2)16-23(21)36-28/h3-16,25,32H,1-2H3/b14-11+/t25-/m1/s1. The zero-order valence-corrected chi connectivity index (χ0v) is 20.4. The fourth-order valence-electron chi connectivity index (χ4n) is 4.13. The third-order valence-electron chi connectivity index (χ3n) is 5.90. The lowest BCUT2D eigenvalue weighted by atomic mass is 9.95. The normalized spacial score (nSPS) is 15.8. The Balaban J connectivity index is 1.61. The van der Waals surface area contributed by atoms with Crippen LogP contribution in [0.1, 0.15) is 17.2 Å². The highest BCUT2D eigenvalue weighted by Crippen LogP contribution is 2.44. The molecular formula is C28H22N2O5S. The second-order valence-electron chi connectivity index (χ2n) is 8.05. The number of amides is 1. The number of aliphatic hydroxyl groups excluding tert-OH is 1. The van der Waals surface area contributed by atoms with E-state index in [1.165, 1.54) is 22.3 Å². The van der Waals surface area contributed by atoms with Crippen LogP contribution in [0.2, 0.25) is 0 Å². The lowest BCUT2D eigenvalue weighted by Crippen LogP contribution is -2.30. The summed E-state index contributed by atoms with van der Waals surface area (Å²) in [6.07, 6.45) is 3.02. The van der Waals surface area contributed by atoms with Gasteiger partial charge in [-0.1, -0.05) is 59.9 Å². The zero-order valence-electron chi connectivity index (χ0n) is 19.5. The quantitative estimate of drug-likeness (QED) is 0.339. The maximum absolute atomic E-state index is 13.4. The van der Waals surface area contributed by atoms with E-state index >= 15 is 0 Å². The van der Waals surface area contributed by atoms with E-state index in [1.54, 1.807) is 56.7 Å². The van der Waals surface area contributed by atoms with E-state index in [1.807, 2.05) is 36.4 Å². The largest absolute Gasteiger partial charge is 0.503 e. The van der Waals surface area contributed by atoms with E-state index < -0.39 is 23.5 Å². The molecule has 180 valence electrons. The maximum atomic E-state index is 13.4. The van der Waals surface area contributed by atoms with E-state index in [0.29, 0.717) is 27.7 Å². The van der Waals surface area contributed by atoms with Crippen molar-refractivity contribution in [2.75, 3.05) is 19.1 Å². The molecule has 1 N–H and O–H groups in total. The molecule has 36 heavy (non-hydrogen) atoms. The monoisotopic (exact) mass is 498 g/mol. The number of carbonyl (C=O) groups is 2. The molecule has 0 saturated heterocycles. The number of ether oxygens (including phenoxy) is 2. The third kappa shape index (κ3) is 4.23.